The summed E-state index contributed by atoms with van der Waals surface area (Å²) in [6.45, 7) is 0. The van der Waals surface area contributed by atoms with Crippen LogP contribution in [-0.2, 0) is 18.8 Å². The molecular formula is C5H3F9O4S. The Morgan fingerprint density at radius 1 is 0.737 bits per heavy atom. The van der Waals surface area contributed by atoms with Crippen molar-refractivity contribution in [3.63, 3.8) is 0 Å². The summed E-state index contributed by atoms with van der Waals surface area (Å²) < 4.78 is 135. The molecule has 0 rings (SSSR count). The molecule has 0 saturated heterocycles. The lowest BCUT2D eigenvalue weighted by Gasteiger charge is -2.36. The summed E-state index contributed by atoms with van der Waals surface area (Å²) in [4.78, 5) is 0. The summed E-state index contributed by atoms with van der Waals surface area (Å²) in [6.07, 6.45) is -21.4. The van der Waals surface area contributed by atoms with E-state index in [-0.39, 0.29) is 7.11 Å². The second-order valence-electron chi connectivity index (χ2n) is 2.83. The van der Waals surface area contributed by atoms with E-state index in [4.69, 9.17) is 0 Å². The quantitative estimate of drug-likeness (QED) is 0.746. The highest BCUT2D eigenvalue weighted by atomic mass is 32.3. The van der Waals surface area contributed by atoms with Crippen LogP contribution in [0.15, 0.2) is 0 Å². The van der Waals surface area contributed by atoms with Crippen LogP contribution in [0.25, 0.3) is 0 Å². The lowest BCUT2D eigenvalue weighted by Crippen LogP contribution is -2.68. The second-order valence-corrected chi connectivity index (χ2v) is 4.15. The molecule has 0 aliphatic carbocycles. The van der Waals surface area contributed by atoms with E-state index in [1.54, 1.807) is 0 Å². The van der Waals surface area contributed by atoms with Crippen molar-refractivity contribution in [2.75, 3.05) is 7.11 Å². The molecule has 14 heteroatoms. The predicted octanol–water partition coefficient (Wildman–Crippen LogP) is 2.32. The highest BCUT2D eigenvalue weighted by Crippen LogP contribution is 2.55. The van der Waals surface area contributed by atoms with Gasteiger partial charge in [-0.15, -0.1) is 0 Å². The van der Waals surface area contributed by atoms with Crippen molar-refractivity contribution in [1.82, 2.24) is 0 Å². The molecule has 0 aromatic rings. The van der Waals surface area contributed by atoms with Crippen LogP contribution in [0.4, 0.5) is 39.5 Å². The van der Waals surface area contributed by atoms with E-state index in [9.17, 15) is 47.9 Å². The first-order valence-electron chi connectivity index (χ1n) is 3.73. The second kappa shape index (κ2) is 4.66. The SMILES string of the molecule is COS(=O)(=O)OC(C(F)(F)F)(C(F)(F)F)C(F)(F)F. The molecule has 0 aliphatic rings. The van der Waals surface area contributed by atoms with Crippen LogP contribution in [0.5, 0.6) is 0 Å². The van der Waals surface area contributed by atoms with Crippen molar-refractivity contribution in [3.8, 4) is 0 Å². The van der Waals surface area contributed by atoms with Gasteiger partial charge in [-0.3, -0.25) is 4.18 Å². The van der Waals surface area contributed by atoms with Gasteiger partial charge in [-0.2, -0.15) is 47.9 Å². The van der Waals surface area contributed by atoms with Gasteiger partial charge in [-0.25, -0.2) is 4.18 Å². The summed E-state index contributed by atoms with van der Waals surface area (Å²) in [5.74, 6) is 0. The van der Waals surface area contributed by atoms with Crippen LogP contribution in [0.3, 0.4) is 0 Å². The number of rotatable bonds is 3. The van der Waals surface area contributed by atoms with Crippen LogP contribution in [0.1, 0.15) is 0 Å². The molecule has 0 radical (unpaired) electrons. The first-order valence-corrected chi connectivity index (χ1v) is 5.06. The van der Waals surface area contributed by atoms with Crippen molar-refractivity contribution < 1.29 is 56.3 Å². The number of alkyl halides is 9. The minimum absolute atomic E-state index is 0.0171. The van der Waals surface area contributed by atoms with Crippen LogP contribution >= 0.6 is 0 Å². The first kappa shape index (κ1) is 18.2. The molecule has 4 nitrogen and oxygen atoms in total. The fraction of sp³-hybridized carbons (Fsp3) is 1.00. The molecule has 0 N–H and O–H groups in total. The molecule has 116 valence electrons. The zero-order valence-corrected chi connectivity index (χ0v) is 9.26. The average molecular weight is 330 g/mol. The highest BCUT2D eigenvalue weighted by Gasteiger charge is 2.87. The maximum atomic E-state index is 12.1. The highest BCUT2D eigenvalue weighted by molar-refractivity contribution is 7.81. The molecule has 0 bridgehead atoms. The van der Waals surface area contributed by atoms with Gasteiger partial charge in [-0.1, -0.05) is 0 Å². The van der Waals surface area contributed by atoms with E-state index >= 15 is 0 Å². The molecule has 19 heavy (non-hydrogen) atoms. The minimum Gasteiger partial charge on any atom is -0.252 e. The summed E-state index contributed by atoms with van der Waals surface area (Å²) in [6, 6.07) is 0. The molecule has 0 spiro atoms. The van der Waals surface area contributed by atoms with Crippen LogP contribution in [0, 0.1) is 0 Å². The minimum atomic E-state index is -7.14. The number of halogens is 9. The third-order valence-electron chi connectivity index (χ3n) is 1.63. The zero-order chi connectivity index (χ0) is 15.9. The molecule has 0 aromatic carbocycles. The Labute approximate surface area is 99.0 Å². The number of hydrogen-bond donors (Lipinski definition) is 0. The van der Waals surface area contributed by atoms with Gasteiger partial charge in [0.25, 0.3) is 0 Å². The topological polar surface area (TPSA) is 52.6 Å². The predicted molar refractivity (Wildman–Crippen MR) is 37.9 cm³/mol. The maximum absolute atomic E-state index is 12.1. The van der Waals surface area contributed by atoms with Crippen molar-refractivity contribution in [3.05, 3.63) is 0 Å². The summed E-state index contributed by atoms with van der Waals surface area (Å²) in [5, 5.41) is 0. The Kier molecular flexibility index (Phi) is 4.47. The van der Waals surface area contributed by atoms with E-state index in [0.29, 0.717) is 0 Å². The van der Waals surface area contributed by atoms with Gasteiger partial charge in [0.15, 0.2) is 0 Å². The molecular weight excluding hydrogens is 327 g/mol. The molecule has 0 amide bonds. The van der Waals surface area contributed by atoms with Gasteiger partial charge in [0.2, 0.25) is 0 Å². The first-order chi connectivity index (χ1) is 8.02. The van der Waals surface area contributed by atoms with Gasteiger partial charge in [0.05, 0.1) is 7.11 Å². The fourth-order valence-corrected chi connectivity index (χ4v) is 1.47. The molecule has 0 aliphatic heterocycles. The molecule has 0 unspecified atom stereocenters. The lowest BCUT2D eigenvalue weighted by molar-refractivity contribution is -0.437. The Bertz CT molecular complexity index is 379. The van der Waals surface area contributed by atoms with E-state index in [1.807, 2.05) is 0 Å². The van der Waals surface area contributed by atoms with Crippen molar-refractivity contribution >= 4 is 10.4 Å². The normalized spacial score (nSPS) is 15.7. The molecule has 0 atom stereocenters. The maximum Gasteiger partial charge on any atom is 0.437 e. The lowest BCUT2D eigenvalue weighted by atomic mass is 10.0. The summed E-state index contributed by atoms with van der Waals surface area (Å²) in [5.41, 5.74) is -6.91. The average Bonchev–Trinajstić information content (AvgIpc) is 2.08. The van der Waals surface area contributed by atoms with Gasteiger partial charge in [0.1, 0.15) is 0 Å². The Morgan fingerprint density at radius 2 is 1.00 bits per heavy atom. The zero-order valence-electron chi connectivity index (χ0n) is 8.44. The molecule has 0 heterocycles. The van der Waals surface area contributed by atoms with Gasteiger partial charge >= 0.3 is 34.5 Å². The van der Waals surface area contributed by atoms with E-state index in [2.05, 4.69) is 8.37 Å². The fourth-order valence-electron chi connectivity index (χ4n) is 0.811. The van der Waals surface area contributed by atoms with Crippen molar-refractivity contribution in [2.45, 2.75) is 24.1 Å². The van der Waals surface area contributed by atoms with E-state index in [1.165, 1.54) is 0 Å². The number of hydrogen-bond acceptors (Lipinski definition) is 4. The Morgan fingerprint density at radius 3 is 1.16 bits per heavy atom. The van der Waals surface area contributed by atoms with Gasteiger partial charge in [0, 0.05) is 0 Å². The van der Waals surface area contributed by atoms with Crippen LogP contribution < -0.4 is 0 Å². The van der Waals surface area contributed by atoms with Gasteiger partial charge in [-0.05, 0) is 0 Å². The smallest absolute Gasteiger partial charge is 0.252 e. The Hall–Kier alpha value is -0.760. The standard InChI is InChI=1S/C5H3F9O4S/c1-17-19(15,16)18-2(3(6,7)8,4(9,10)11)5(12,13)14/h1H3. The van der Waals surface area contributed by atoms with Crippen LogP contribution in [-0.4, -0.2) is 39.7 Å². The monoisotopic (exact) mass is 330 g/mol. The largest absolute Gasteiger partial charge is 0.437 e. The van der Waals surface area contributed by atoms with Gasteiger partial charge < -0.3 is 0 Å². The molecule has 0 saturated carbocycles. The molecule has 0 fully saturated rings. The van der Waals surface area contributed by atoms with E-state index < -0.39 is 34.5 Å². The van der Waals surface area contributed by atoms with Crippen LogP contribution in [0.2, 0.25) is 0 Å². The Balaban J connectivity index is 6.29. The van der Waals surface area contributed by atoms with E-state index in [0.717, 1.165) is 0 Å². The molecule has 0 aromatic heterocycles. The van der Waals surface area contributed by atoms with Crippen molar-refractivity contribution in [2.24, 2.45) is 0 Å². The van der Waals surface area contributed by atoms with Crippen molar-refractivity contribution in [1.29, 1.82) is 0 Å². The summed E-state index contributed by atoms with van der Waals surface area (Å²) >= 11 is 0. The third kappa shape index (κ3) is 3.22. The third-order valence-corrected chi connectivity index (χ3v) is 2.49. The summed E-state index contributed by atoms with van der Waals surface area (Å²) in [7, 11) is -6.17.